The summed E-state index contributed by atoms with van der Waals surface area (Å²) in [6, 6.07) is 11.5. The molecule has 236 valence electrons. The Balaban J connectivity index is 1.84. The first kappa shape index (κ1) is 33.7. The first-order valence-electron chi connectivity index (χ1n) is 14.5. The van der Waals surface area contributed by atoms with Crippen LogP contribution in [0, 0.1) is 0 Å². The van der Waals surface area contributed by atoms with E-state index in [0.717, 1.165) is 16.5 Å². The summed E-state index contributed by atoms with van der Waals surface area (Å²) in [5.74, 6) is -4.43. The van der Waals surface area contributed by atoms with E-state index in [1.54, 1.807) is 36.5 Å². The molecule has 1 aromatic heterocycles. The van der Waals surface area contributed by atoms with Crippen molar-refractivity contribution in [3.05, 3.63) is 71.9 Å². The molecule has 44 heavy (non-hydrogen) atoms. The van der Waals surface area contributed by atoms with Crippen molar-refractivity contribution >= 4 is 40.6 Å². The van der Waals surface area contributed by atoms with Crippen LogP contribution in [0.3, 0.4) is 0 Å². The average Bonchev–Trinajstić information content (AvgIpc) is 3.41. The summed E-state index contributed by atoms with van der Waals surface area (Å²) in [7, 11) is 0. The summed E-state index contributed by atoms with van der Waals surface area (Å²) in [6.07, 6.45) is 2.58. The van der Waals surface area contributed by atoms with Crippen molar-refractivity contribution in [3.63, 3.8) is 0 Å². The zero-order chi connectivity index (χ0) is 32.1. The Morgan fingerprint density at radius 3 is 2.07 bits per heavy atom. The number of H-pyrrole nitrogens is 1. The van der Waals surface area contributed by atoms with Gasteiger partial charge in [0.05, 0.1) is 6.04 Å². The fourth-order valence-corrected chi connectivity index (χ4v) is 4.77. The molecule has 13 heteroatoms. The first-order valence-corrected chi connectivity index (χ1v) is 14.5. The van der Waals surface area contributed by atoms with Gasteiger partial charge in [-0.25, -0.2) is 4.79 Å². The van der Waals surface area contributed by atoms with Gasteiger partial charge in [-0.05, 0) is 49.4 Å². The Morgan fingerprint density at radius 1 is 0.750 bits per heavy atom. The maximum atomic E-state index is 13.6. The predicted molar refractivity (Wildman–Crippen MR) is 163 cm³/mol. The molecule has 0 spiro atoms. The highest BCUT2D eigenvalue weighted by Crippen LogP contribution is 2.19. The number of rotatable bonds is 18. The second kappa shape index (κ2) is 16.8. The molecule has 0 saturated carbocycles. The molecule has 10 N–H and O–H groups in total. The molecule has 0 aliphatic rings. The number of hydrogen-bond acceptors (Lipinski definition) is 7. The van der Waals surface area contributed by atoms with Gasteiger partial charge in [0, 0.05) is 36.4 Å². The van der Waals surface area contributed by atoms with Crippen LogP contribution in [0.25, 0.3) is 10.9 Å². The van der Waals surface area contributed by atoms with Gasteiger partial charge in [0.2, 0.25) is 17.7 Å². The van der Waals surface area contributed by atoms with E-state index in [1.165, 1.54) is 0 Å². The summed E-state index contributed by atoms with van der Waals surface area (Å²) in [5.41, 5.74) is 13.7. The highest BCUT2D eigenvalue weighted by Gasteiger charge is 2.31. The van der Waals surface area contributed by atoms with Gasteiger partial charge in [0.1, 0.15) is 18.1 Å². The van der Waals surface area contributed by atoms with Gasteiger partial charge in [-0.3, -0.25) is 19.2 Å². The van der Waals surface area contributed by atoms with Gasteiger partial charge >= 0.3 is 11.9 Å². The van der Waals surface area contributed by atoms with Crippen LogP contribution in [-0.4, -0.2) is 75.6 Å². The van der Waals surface area contributed by atoms with Gasteiger partial charge in [0.15, 0.2) is 0 Å². The van der Waals surface area contributed by atoms with Crippen molar-refractivity contribution in [1.82, 2.24) is 20.9 Å². The molecule has 4 atom stereocenters. The number of carboxylic acid groups (broad SMARTS) is 2. The van der Waals surface area contributed by atoms with E-state index < -0.39 is 53.8 Å². The SMILES string of the molecule is NCCCCC(NC(=O)C(N)CCC(=O)O)C(=O)NC(Cc1c[nH]c2ccccc12)C(=O)NC(Cc1ccccc1)C(=O)O. The fraction of sp³-hybridized carbons (Fsp3) is 0.387. The van der Waals surface area contributed by atoms with Crippen LogP contribution in [0.1, 0.15) is 43.2 Å². The third kappa shape index (κ3) is 10.2. The zero-order valence-electron chi connectivity index (χ0n) is 24.3. The van der Waals surface area contributed by atoms with Crippen LogP contribution < -0.4 is 27.4 Å². The molecule has 3 aromatic rings. The molecule has 0 radical (unpaired) electrons. The van der Waals surface area contributed by atoms with E-state index in [9.17, 15) is 29.1 Å². The van der Waals surface area contributed by atoms with Crippen molar-refractivity contribution in [2.75, 3.05) is 6.54 Å². The maximum Gasteiger partial charge on any atom is 0.326 e. The smallest absolute Gasteiger partial charge is 0.326 e. The van der Waals surface area contributed by atoms with E-state index in [2.05, 4.69) is 20.9 Å². The molecule has 0 fully saturated rings. The number of carboxylic acids is 2. The van der Waals surface area contributed by atoms with Crippen LogP contribution in [0.4, 0.5) is 0 Å². The molecule has 1 heterocycles. The number of aliphatic carboxylic acids is 2. The number of para-hydroxylation sites is 1. The van der Waals surface area contributed by atoms with Crippen LogP contribution in [0.2, 0.25) is 0 Å². The molecule has 2 aromatic carbocycles. The third-order valence-electron chi connectivity index (χ3n) is 7.22. The molecular formula is C31H40N6O7. The molecule has 0 saturated heterocycles. The Kier molecular flexibility index (Phi) is 12.9. The minimum absolute atomic E-state index is 0.0286. The molecule has 3 rings (SSSR count). The summed E-state index contributed by atoms with van der Waals surface area (Å²) in [6.45, 7) is 0.365. The number of amides is 3. The Bertz CT molecular complexity index is 1430. The van der Waals surface area contributed by atoms with Crippen LogP contribution in [-0.2, 0) is 36.8 Å². The second-order valence-corrected chi connectivity index (χ2v) is 10.6. The number of aromatic amines is 1. The topological polar surface area (TPSA) is 230 Å². The minimum Gasteiger partial charge on any atom is -0.481 e. The molecule has 13 nitrogen and oxygen atoms in total. The number of hydrogen-bond donors (Lipinski definition) is 8. The van der Waals surface area contributed by atoms with Crippen molar-refractivity contribution in [2.45, 2.75) is 69.1 Å². The number of aromatic nitrogens is 1. The zero-order valence-corrected chi connectivity index (χ0v) is 24.3. The summed E-state index contributed by atoms with van der Waals surface area (Å²) in [5, 5.41) is 27.5. The molecule has 0 bridgehead atoms. The molecule has 3 amide bonds. The lowest BCUT2D eigenvalue weighted by molar-refractivity contribution is -0.142. The Labute approximate surface area is 254 Å². The largest absolute Gasteiger partial charge is 0.481 e. The number of benzene rings is 2. The quantitative estimate of drug-likeness (QED) is 0.0954. The van der Waals surface area contributed by atoms with Crippen molar-refractivity contribution in [1.29, 1.82) is 0 Å². The van der Waals surface area contributed by atoms with Gasteiger partial charge < -0.3 is 42.6 Å². The van der Waals surface area contributed by atoms with E-state index >= 15 is 0 Å². The number of nitrogens with one attached hydrogen (secondary N) is 4. The lowest BCUT2D eigenvalue weighted by Crippen LogP contribution is -2.57. The average molecular weight is 609 g/mol. The van der Waals surface area contributed by atoms with Crippen LogP contribution in [0.5, 0.6) is 0 Å². The lowest BCUT2D eigenvalue weighted by Gasteiger charge is -2.25. The lowest BCUT2D eigenvalue weighted by atomic mass is 10.0. The number of fused-ring (bicyclic) bond motifs is 1. The molecule has 0 aliphatic heterocycles. The normalized spacial score (nSPS) is 13.8. The van der Waals surface area contributed by atoms with Gasteiger partial charge in [-0.1, -0.05) is 48.5 Å². The molecule has 0 aliphatic carbocycles. The van der Waals surface area contributed by atoms with Gasteiger partial charge in [-0.15, -0.1) is 0 Å². The summed E-state index contributed by atoms with van der Waals surface area (Å²) in [4.78, 5) is 66.1. The third-order valence-corrected chi connectivity index (χ3v) is 7.22. The van der Waals surface area contributed by atoms with Crippen molar-refractivity contribution < 1.29 is 34.2 Å². The standard InChI is InChI=1S/C31H40N6O7/c32-15-7-6-12-24(35-28(40)22(33)13-14-27(38)39)29(41)36-25(17-20-18-34-23-11-5-4-10-21(20)23)30(42)37-26(31(43)44)16-19-8-2-1-3-9-19/h1-5,8-11,18,22,24-26,34H,6-7,12-17,32-33H2,(H,35,40)(H,36,41)(H,37,42)(H,38,39)(H,43,44). The predicted octanol–water partition coefficient (Wildman–Crippen LogP) is 0.813. The fourth-order valence-electron chi connectivity index (χ4n) is 4.77. The van der Waals surface area contributed by atoms with Gasteiger partial charge in [0.25, 0.3) is 0 Å². The highest BCUT2D eigenvalue weighted by atomic mass is 16.4. The molecule has 4 unspecified atom stereocenters. The van der Waals surface area contributed by atoms with E-state index in [1.807, 2.05) is 24.3 Å². The van der Waals surface area contributed by atoms with Gasteiger partial charge in [-0.2, -0.15) is 0 Å². The number of carbonyl (C=O) groups is 5. The van der Waals surface area contributed by atoms with Crippen LogP contribution in [0.15, 0.2) is 60.8 Å². The Morgan fingerprint density at radius 2 is 1.39 bits per heavy atom. The summed E-state index contributed by atoms with van der Waals surface area (Å²) >= 11 is 0. The minimum atomic E-state index is -1.26. The number of carbonyl (C=O) groups excluding carboxylic acids is 3. The highest BCUT2D eigenvalue weighted by molar-refractivity contribution is 5.95. The van der Waals surface area contributed by atoms with Crippen LogP contribution >= 0.6 is 0 Å². The first-order chi connectivity index (χ1) is 21.1. The van der Waals surface area contributed by atoms with E-state index in [-0.39, 0.29) is 32.1 Å². The van der Waals surface area contributed by atoms with E-state index in [4.69, 9.17) is 16.6 Å². The monoisotopic (exact) mass is 608 g/mol. The Hall–Kier alpha value is -4.75. The number of nitrogens with two attached hydrogens (primary N) is 2. The molecular weight excluding hydrogens is 568 g/mol. The van der Waals surface area contributed by atoms with Crippen molar-refractivity contribution in [3.8, 4) is 0 Å². The van der Waals surface area contributed by atoms with Crippen molar-refractivity contribution in [2.24, 2.45) is 11.5 Å². The number of unbranched alkanes of at least 4 members (excludes halogenated alkanes) is 1. The van der Waals surface area contributed by atoms with E-state index in [0.29, 0.717) is 24.9 Å². The maximum absolute atomic E-state index is 13.6. The summed E-state index contributed by atoms with van der Waals surface area (Å²) < 4.78 is 0. The second-order valence-electron chi connectivity index (χ2n) is 10.6.